The van der Waals surface area contributed by atoms with Crippen LogP contribution in [0, 0.1) is 11.3 Å². The molecule has 0 aliphatic rings. The average Bonchev–Trinajstić information content (AvgIpc) is 2.59. The summed E-state index contributed by atoms with van der Waals surface area (Å²) in [7, 11) is -3.91. The average molecular weight is 228 g/mol. The number of sulfonamides is 1. The molecule has 1 aromatic rings. The normalized spacial score (nSPS) is 13.5. The van der Waals surface area contributed by atoms with Gasteiger partial charge in [-0.05, 0) is 13.3 Å². The maximum Gasteiger partial charge on any atom is 0.256 e. The Labute approximate surface area is 88.4 Å². The molecular formula is C8H12N4O2S. The van der Waals surface area contributed by atoms with Gasteiger partial charge in [0.05, 0.1) is 12.2 Å². The summed E-state index contributed by atoms with van der Waals surface area (Å²) in [5.74, 6) is 0. The first-order valence-electron chi connectivity index (χ1n) is 4.42. The molecule has 2 N–H and O–H groups in total. The molecular weight excluding hydrogens is 216 g/mol. The van der Waals surface area contributed by atoms with Crippen LogP contribution in [0.25, 0.3) is 0 Å². The molecule has 0 aliphatic heterocycles. The SMILES string of the molecule is CCC(C)n1ncc(C#N)c1S(N)(=O)=O. The molecule has 0 bridgehead atoms. The Morgan fingerprint density at radius 1 is 1.73 bits per heavy atom. The molecule has 1 atom stereocenters. The van der Waals surface area contributed by atoms with Crippen molar-refractivity contribution in [1.29, 1.82) is 5.26 Å². The minimum absolute atomic E-state index is 0.0159. The number of nitrogens with zero attached hydrogens (tertiary/aromatic N) is 3. The summed E-state index contributed by atoms with van der Waals surface area (Å²) < 4.78 is 23.8. The highest BCUT2D eigenvalue weighted by Crippen LogP contribution is 2.19. The van der Waals surface area contributed by atoms with Gasteiger partial charge in [0.1, 0.15) is 11.6 Å². The van der Waals surface area contributed by atoms with Crippen LogP contribution in [0.2, 0.25) is 0 Å². The molecule has 1 heterocycles. The minimum atomic E-state index is -3.91. The molecule has 0 fully saturated rings. The van der Waals surface area contributed by atoms with Crippen molar-refractivity contribution in [2.24, 2.45) is 5.14 Å². The van der Waals surface area contributed by atoms with Crippen LogP contribution >= 0.6 is 0 Å². The van der Waals surface area contributed by atoms with Gasteiger partial charge in [-0.25, -0.2) is 18.2 Å². The van der Waals surface area contributed by atoms with Crippen molar-refractivity contribution in [3.8, 4) is 6.07 Å². The second kappa shape index (κ2) is 4.00. The van der Waals surface area contributed by atoms with Crippen LogP contribution in [0.4, 0.5) is 0 Å². The predicted molar refractivity (Wildman–Crippen MR) is 53.3 cm³/mol. The van der Waals surface area contributed by atoms with E-state index in [1.54, 1.807) is 6.07 Å². The van der Waals surface area contributed by atoms with Crippen LogP contribution in [0.3, 0.4) is 0 Å². The number of primary sulfonamides is 1. The number of hydrogen-bond donors (Lipinski definition) is 1. The summed E-state index contributed by atoms with van der Waals surface area (Å²) in [4.78, 5) is 0. The number of rotatable bonds is 3. The zero-order chi connectivity index (χ0) is 11.6. The third-order valence-electron chi connectivity index (χ3n) is 2.15. The van der Waals surface area contributed by atoms with Gasteiger partial charge in [0.15, 0.2) is 5.03 Å². The van der Waals surface area contributed by atoms with Crippen molar-refractivity contribution in [2.45, 2.75) is 31.3 Å². The molecule has 0 radical (unpaired) electrons. The molecule has 1 rings (SSSR count). The highest BCUT2D eigenvalue weighted by molar-refractivity contribution is 7.89. The Morgan fingerprint density at radius 3 is 2.73 bits per heavy atom. The zero-order valence-corrected chi connectivity index (χ0v) is 9.32. The largest absolute Gasteiger partial charge is 0.256 e. The summed E-state index contributed by atoms with van der Waals surface area (Å²) in [5.41, 5.74) is -0.0159. The van der Waals surface area contributed by atoms with Crippen LogP contribution in [0.1, 0.15) is 31.9 Å². The van der Waals surface area contributed by atoms with E-state index in [9.17, 15) is 8.42 Å². The van der Waals surface area contributed by atoms with Crippen LogP contribution in [-0.4, -0.2) is 18.2 Å². The highest BCUT2D eigenvalue weighted by atomic mass is 32.2. The third-order valence-corrected chi connectivity index (χ3v) is 3.09. The molecule has 0 spiro atoms. The lowest BCUT2D eigenvalue weighted by Crippen LogP contribution is -2.21. The molecule has 82 valence electrons. The lowest BCUT2D eigenvalue weighted by Gasteiger charge is -2.12. The number of aromatic nitrogens is 2. The van der Waals surface area contributed by atoms with Gasteiger partial charge >= 0.3 is 0 Å². The number of hydrogen-bond acceptors (Lipinski definition) is 4. The van der Waals surface area contributed by atoms with Gasteiger partial charge in [-0.1, -0.05) is 6.92 Å². The quantitative estimate of drug-likeness (QED) is 0.807. The lowest BCUT2D eigenvalue weighted by atomic mass is 10.3. The molecule has 0 saturated carbocycles. The van der Waals surface area contributed by atoms with Crippen molar-refractivity contribution in [1.82, 2.24) is 9.78 Å². The van der Waals surface area contributed by atoms with E-state index in [0.29, 0.717) is 6.42 Å². The van der Waals surface area contributed by atoms with E-state index in [-0.39, 0.29) is 16.6 Å². The Bertz CT molecular complexity index is 497. The Kier molecular flexibility index (Phi) is 3.12. The van der Waals surface area contributed by atoms with Gasteiger partial charge in [0.2, 0.25) is 0 Å². The number of nitriles is 1. The van der Waals surface area contributed by atoms with E-state index >= 15 is 0 Å². The fourth-order valence-electron chi connectivity index (χ4n) is 1.20. The summed E-state index contributed by atoms with van der Waals surface area (Å²) in [6, 6.07) is 1.65. The molecule has 6 nitrogen and oxygen atoms in total. The second-order valence-corrected chi connectivity index (χ2v) is 4.70. The Hall–Kier alpha value is -1.39. The summed E-state index contributed by atoms with van der Waals surface area (Å²) in [6.45, 7) is 3.70. The van der Waals surface area contributed by atoms with Gasteiger partial charge in [-0.3, -0.25) is 0 Å². The van der Waals surface area contributed by atoms with E-state index in [2.05, 4.69) is 5.10 Å². The maximum absolute atomic E-state index is 11.3. The van der Waals surface area contributed by atoms with Crippen molar-refractivity contribution >= 4 is 10.0 Å². The van der Waals surface area contributed by atoms with Crippen LogP contribution in [-0.2, 0) is 10.0 Å². The standard InChI is InChI=1S/C8H12N4O2S/c1-3-6(2)12-8(15(10,13)14)7(4-9)5-11-12/h5-6H,3H2,1-2H3,(H2,10,13,14). The number of nitrogens with two attached hydrogens (primary N) is 1. The third kappa shape index (κ3) is 2.16. The molecule has 0 amide bonds. The van der Waals surface area contributed by atoms with Gasteiger partial charge < -0.3 is 0 Å². The molecule has 1 unspecified atom stereocenters. The Balaban J connectivity index is 3.45. The van der Waals surface area contributed by atoms with Crippen molar-refractivity contribution in [3.05, 3.63) is 11.8 Å². The van der Waals surface area contributed by atoms with Gasteiger partial charge in [-0.2, -0.15) is 10.4 Å². The zero-order valence-electron chi connectivity index (χ0n) is 8.51. The molecule has 1 aromatic heterocycles. The first kappa shape index (κ1) is 11.7. The monoisotopic (exact) mass is 228 g/mol. The smallest absolute Gasteiger partial charge is 0.249 e. The minimum Gasteiger partial charge on any atom is -0.249 e. The predicted octanol–water partition coefficient (Wildman–Crippen LogP) is 0.373. The molecule has 15 heavy (non-hydrogen) atoms. The molecule has 0 aliphatic carbocycles. The van der Waals surface area contributed by atoms with Gasteiger partial charge in [0, 0.05) is 0 Å². The van der Waals surface area contributed by atoms with Crippen molar-refractivity contribution in [2.75, 3.05) is 0 Å². The highest BCUT2D eigenvalue weighted by Gasteiger charge is 2.23. The van der Waals surface area contributed by atoms with Crippen molar-refractivity contribution in [3.63, 3.8) is 0 Å². The van der Waals surface area contributed by atoms with Gasteiger partial charge in [0.25, 0.3) is 10.0 Å². The van der Waals surface area contributed by atoms with E-state index < -0.39 is 10.0 Å². The second-order valence-electron chi connectivity index (χ2n) is 3.22. The molecule has 7 heteroatoms. The first-order chi connectivity index (χ1) is 6.91. The first-order valence-corrected chi connectivity index (χ1v) is 5.96. The maximum atomic E-state index is 11.3. The van der Waals surface area contributed by atoms with Crippen LogP contribution < -0.4 is 5.14 Å². The molecule has 0 aromatic carbocycles. The van der Waals surface area contributed by atoms with E-state index in [1.807, 2.05) is 13.8 Å². The fourth-order valence-corrected chi connectivity index (χ4v) is 2.09. The van der Waals surface area contributed by atoms with Crippen molar-refractivity contribution < 1.29 is 8.42 Å². The molecule has 0 saturated heterocycles. The van der Waals surface area contributed by atoms with E-state index in [0.717, 1.165) is 0 Å². The topological polar surface area (TPSA) is 102 Å². The summed E-state index contributed by atoms with van der Waals surface area (Å²) >= 11 is 0. The van der Waals surface area contributed by atoms with Crippen LogP contribution in [0.5, 0.6) is 0 Å². The van der Waals surface area contributed by atoms with Gasteiger partial charge in [-0.15, -0.1) is 0 Å². The Morgan fingerprint density at radius 2 is 2.33 bits per heavy atom. The summed E-state index contributed by atoms with van der Waals surface area (Å²) in [5, 5.41) is 17.4. The fraction of sp³-hybridized carbons (Fsp3) is 0.500. The van der Waals surface area contributed by atoms with E-state index in [4.69, 9.17) is 10.4 Å². The summed E-state index contributed by atoms with van der Waals surface area (Å²) in [6.07, 6.45) is 1.92. The van der Waals surface area contributed by atoms with Crippen LogP contribution in [0.15, 0.2) is 11.2 Å². The van der Waals surface area contributed by atoms with E-state index in [1.165, 1.54) is 10.9 Å². The lowest BCUT2D eigenvalue weighted by molar-refractivity contribution is 0.436.